The van der Waals surface area contributed by atoms with Gasteiger partial charge in [-0.05, 0) is 19.3 Å². The predicted molar refractivity (Wildman–Crippen MR) is 57.8 cm³/mol. The highest BCUT2D eigenvalue weighted by Crippen LogP contribution is 2.19. The molecule has 0 radical (unpaired) electrons. The molecular formula is C12H17NO2. The number of piperidine rings is 1. The number of nitrogens with one attached hydrogen (secondary N) is 1. The zero-order valence-electron chi connectivity index (χ0n) is 8.92. The Kier molecular flexibility index (Phi) is 4.89. The fraction of sp³-hybridized carbons (Fsp3) is 0.667. The second kappa shape index (κ2) is 6.23. The molecule has 1 aliphatic heterocycles. The lowest BCUT2D eigenvalue weighted by Gasteiger charge is -2.20. The Labute approximate surface area is 90.6 Å². The summed E-state index contributed by atoms with van der Waals surface area (Å²) in [7, 11) is 0. The molecule has 3 heteroatoms. The summed E-state index contributed by atoms with van der Waals surface area (Å²) in [6, 6.07) is 0. The molecule has 1 aliphatic rings. The SMILES string of the molecule is C#CCCCCCC1CCC(=O)NC1=O. The van der Waals surface area contributed by atoms with Gasteiger partial charge in [0.1, 0.15) is 0 Å². The number of hydrogen-bond acceptors (Lipinski definition) is 2. The van der Waals surface area contributed by atoms with Crippen LogP contribution in [0.2, 0.25) is 0 Å². The summed E-state index contributed by atoms with van der Waals surface area (Å²) >= 11 is 0. The van der Waals surface area contributed by atoms with Crippen molar-refractivity contribution in [2.75, 3.05) is 0 Å². The second-order valence-corrected chi connectivity index (χ2v) is 3.95. The fourth-order valence-electron chi connectivity index (χ4n) is 1.81. The van der Waals surface area contributed by atoms with Crippen molar-refractivity contribution in [3.63, 3.8) is 0 Å². The first kappa shape index (κ1) is 11.8. The lowest BCUT2D eigenvalue weighted by Crippen LogP contribution is -2.40. The van der Waals surface area contributed by atoms with E-state index in [-0.39, 0.29) is 17.7 Å². The van der Waals surface area contributed by atoms with Crippen molar-refractivity contribution in [2.24, 2.45) is 5.92 Å². The van der Waals surface area contributed by atoms with Crippen LogP contribution < -0.4 is 5.32 Å². The van der Waals surface area contributed by atoms with Crippen LogP contribution in [0, 0.1) is 18.3 Å². The molecule has 1 unspecified atom stereocenters. The number of terminal acetylenes is 1. The van der Waals surface area contributed by atoms with Gasteiger partial charge < -0.3 is 0 Å². The van der Waals surface area contributed by atoms with E-state index in [1.165, 1.54) is 0 Å². The lowest BCUT2D eigenvalue weighted by molar-refractivity contribution is -0.136. The average molecular weight is 207 g/mol. The van der Waals surface area contributed by atoms with Gasteiger partial charge in [-0.1, -0.05) is 12.8 Å². The van der Waals surface area contributed by atoms with Crippen molar-refractivity contribution in [1.29, 1.82) is 0 Å². The number of carbonyl (C=O) groups is 2. The van der Waals surface area contributed by atoms with Crippen molar-refractivity contribution in [3.05, 3.63) is 0 Å². The quantitative estimate of drug-likeness (QED) is 0.423. The van der Waals surface area contributed by atoms with Crippen LogP contribution in [0.3, 0.4) is 0 Å². The molecule has 0 aromatic rings. The number of unbranched alkanes of at least 4 members (excludes halogenated alkanes) is 3. The normalized spacial score (nSPS) is 20.9. The number of rotatable bonds is 5. The third kappa shape index (κ3) is 4.16. The summed E-state index contributed by atoms with van der Waals surface area (Å²) in [5.74, 6) is 2.40. The Morgan fingerprint density at radius 2 is 2.13 bits per heavy atom. The molecule has 0 spiro atoms. The monoisotopic (exact) mass is 207 g/mol. The maximum atomic E-state index is 11.4. The third-order valence-corrected chi connectivity index (χ3v) is 2.73. The van der Waals surface area contributed by atoms with Gasteiger partial charge in [-0.15, -0.1) is 12.3 Å². The van der Waals surface area contributed by atoms with Crippen LogP contribution >= 0.6 is 0 Å². The van der Waals surface area contributed by atoms with Gasteiger partial charge in [-0.2, -0.15) is 0 Å². The van der Waals surface area contributed by atoms with Crippen molar-refractivity contribution in [1.82, 2.24) is 5.32 Å². The molecule has 0 aromatic carbocycles. The van der Waals surface area contributed by atoms with Crippen molar-refractivity contribution in [3.8, 4) is 12.3 Å². The van der Waals surface area contributed by atoms with E-state index < -0.39 is 0 Å². The lowest BCUT2D eigenvalue weighted by atomic mass is 9.92. The Bertz CT molecular complexity index is 278. The standard InChI is InChI=1S/C12H17NO2/c1-2-3-4-5-6-7-10-8-9-11(14)13-12(10)15/h1,10H,3-9H2,(H,13,14,15). The number of hydrogen-bond donors (Lipinski definition) is 1. The molecule has 1 fully saturated rings. The van der Waals surface area contributed by atoms with Gasteiger partial charge in [0, 0.05) is 18.8 Å². The van der Waals surface area contributed by atoms with E-state index in [1.807, 2.05) is 0 Å². The summed E-state index contributed by atoms with van der Waals surface area (Å²) < 4.78 is 0. The Morgan fingerprint density at radius 3 is 2.80 bits per heavy atom. The Morgan fingerprint density at radius 1 is 1.33 bits per heavy atom. The molecule has 82 valence electrons. The second-order valence-electron chi connectivity index (χ2n) is 3.95. The van der Waals surface area contributed by atoms with E-state index in [4.69, 9.17) is 6.42 Å². The van der Waals surface area contributed by atoms with Gasteiger partial charge in [0.2, 0.25) is 11.8 Å². The summed E-state index contributed by atoms with van der Waals surface area (Å²) in [5, 5.41) is 2.37. The van der Waals surface area contributed by atoms with Gasteiger partial charge in [-0.25, -0.2) is 0 Å². The van der Waals surface area contributed by atoms with Crippen LogP contribution in [0.1, 0.15) is 44.9 Å². The maximum absolute atomic E-state index is 11.4. The molecule has 1 atom stereocenters. The van der Waals surface area contributed by atoms with E-state index in [1.54, 1.807) is 0 Å². The Hall–Kier alpha value is -1.30. The van der Waals surface area contributed by atoms with Gasteiger partial charge in [0.05, 0.1) is 0 Å². The fourth-order valence-corrected chi connectivity index (χ4v) is 1.81. The topological polar surface area (TPSA) is 46.2 Å². The molecule has 0 aromatic heterocycles. The van der Waals surface area contributed by atoms with Gasteiger partial charge in [-0.3, -0.25) is 14.9 Å². The van der Waals surface area contributed by atoms with Gasteiger partial charge in [0.25, 0.3) is 0 Å². The van der Waals surface area contributed by atoms with Crippen LogP contribution in [0.4, 0.5) is 0 Å². The van der Waals surface area contributed by atoms with E-state index in [0.29, 0.717) is 12.8 Å². The first-order chi connectivity index (χ1) is 7.24. The predicted octanol–water partition coefficient (Wildman–Crippen LogP) is 1.62. The smallest absolute Gasteiger partial charge is 0.229 e. The highest BCUT2D eigenvalue weighted by Gasteiger charge is 2.25. The van der Waals surface area contributed by atoms with E-state index >= 15 is 0 Å². The van der Waals surface area contributed by atoms with Crippen LogP contribution in [0.25, 0.3) is 0 Å². The van der Waals surface area contributed by atoms with E-state index in [2.05, 4.69) is 11.2 Å². The maximum Gasteiger partial charge on any atom is 0.229 e. The summed E-state index contributed by atoms with van der Waals surface area (Å²) in [4.78, 5) is 22.2. The van der Waals surface area contributed by atoms with Crippen LogP contribution in [-0.2, 0) is 9.59 Å². The molecule has 0 aliphatic carbocycles. The number of carbonyl (C=O) groups excluding carboxylic acids is 2. The highest BCUT2D eigenvalue weighted by molar-refractivity contribution is 5.98. The van der Waals surface area contributed by atoms with E-state index in [0.717, 1.165) is 32.1 Å². The molecule has 1 heterocycles. The minimum absolute atomic E-state index is 0.0357. The molecule has 15 heavy (non-hydrogen) atoms. The average Bonchev–Trinajstić information content (AvgIpc) is 2.20. The molecule has 0 saturated carbocycles. The summed E-state index contributed by atoms with van der Waals surface area (Å²) in [6.07, 6.45) is 11.2. The molecule has 0 bridgehead atoms. The molecule has 1 saturated heterocycles. The molecule has 1 N–H and O–H groups in total. The van der Waals surface area contributed by atoms with Crippen molar-refractivity contribution in [2.45, 2.75) is 44.9 Å². The Balaban J connectivity index is 2.13. The first-order valence-electron chi connectivity index (χ1n) is 5.51. The zero-order chi connectivity index (χ0) is 11.1. The summed E-state index contributed by atoms with van der Waals surface area (Å²) in [6.45, 7) is 0. The highest BCUT2D eigenvalue weighted by atomic mass is 16.2. The first-order valence-corrected chi connectivity index (χ1v) is 5.51. The number of amides is 2. The third-order valence-electron chi connectivity index (χ3n) is 2.73. The molecule has 3 nitrogen and oxygen atoms in total. The van der Waals surface area contributed by atoms with E-state index in [9.17, 15) is 9.59 Å². The van der Waals surface area contributed by atoms with Crippen LogP contribution in [0.5, 0.6) is 0 Å². The van der Waals surface area contributed by atoms with Gasteiger partial charge >= 0.3 is 0 Å². The minimum Gasteiger partial charge on any atom is -0.296 e. The molecular weight excluding hydrogens is 190 g/mol. The largest absolute Gasteiger partial charge is 0.296 e. The zero-order valence-corrected chi connectivity index (χ0v) is 8.92. The van der Waals surface area contributed by atoms with Gasteiger partial charge in [0.15, 0.2) is 0 Å². The molecule has 1 rings (SSSR count). The van der Waals surface area contributed by atoms with Crippen LogP contribution in [0.15, 0.2) is 0 Å². The molecule has 2 amide bonds. The summed E-state index contributed by atoms with van der Waals surface area (Å²) in [5.41, 5.74) is 0. The van der Waals surface area contributed by atoms with Crippen molar-refractivity contribution < 1.29 is 9.59 Å². The van der Waals surface area contributed by atoms with Crippen molar-refractivity contribution >= 4 is 11.8 Å². The van der Waals surface area contributed by atoms with Crippen LogP contribution in [-0.4, -0.2) is 11.8 Å². The number of imide groups is 1. The minimum atomic E-state index is -0.136.